The van der Waals surface area contributed by atoms with E-state index in [0.717, 1.165) is 279 Å². The third kappa shape index (κ3) is 32.5. The van der Waals surface area contributed by atoms with E-state index in [2.05, 4.69) is 233 Å². The predicted octanol–water partition coefficient (Wildman–Crippen LogP) is 24.3. The minimum Gasteiger partial charge on any atom is -0.444 e. The molecule has 13 aromatic rings. The molecule has 2 amide bonds. The van der Waals surface area contributed by atoms with Crippen molar-refractivity contribution in [3.05, 3.63) is 292 Å². The van der Waals surface area contributed by atoms with Crippen LogP contribution in [0.2, 0.25) is 36.3 Å². The molecule has 0 radical (unpaired) electrons. The number of fused-ring (bicyclic) bond motifs is 4. The van der Waals surface area contributed by atoms with Crippen LogP contribution in [0.4, 0.5) is 9.59 Å². The van der Waals surface area contributed by atoms with Crippen molar-refractivity contribution in [2.45, 2.75) is 299 Å². The zero-order valence-electron chi connectivity index (χ0n) is 92.6. The molecule has 0 spiro atoms. The topological polar surface area (TPSA) is 281 Å². The minimum absolute atomic E-state index is 0. The van der Waals surface area contributed by atoms with Crippen molar-refractivity contribution in [3.63, 3.8) is 0 Å². The standard InChI is InChI=1S/C32H47N3O5Si.2C30H36N4O2.C27H44N2O5Si.2ClH/c1-31(2,3)39-30(37)34-19-16-23(17-20-34)12-15-27-25-14-13-24(21-35-18-10-9-11-28(35)36)26(29(25)40-33-27)22-38-41(7,8)32(4,5)6;2*1-32(2)22-27-25(21-34-17-7-6-10-29(34)35)12-13-26-28(31-36-30(26)27)14-11-23-15-18-33(19-16-23)20-24-8-4-3-5-9-24;1-26(2,3)33-25(31)29-15-13-19(14-16-29)9-12-23-21-11-10-20(17-30)22(24(21)34-28-23)18-32-35(7,8)27(4,5)6;;/h9-11,13-14,18,23H,12,15-17,19-22H2,1-8H3;2*3-10,12-13,17,23H,11,14-16,18-22H2,1-2H3;10-11,19,30H,9,12-18H2,1-8H3;2*1H. The van der Waals surface area contributed by atoms with E-state index in [4.69, 9.17) is 36.4 Å². The summed E-state index contributed by atoms with van der Waals surface area (Å²) in [5.41, 5.74) is 17.1. The summed E-state index contributed by atoms with van der Waals surface area (Å²) in [5.74, 6) is 2.52. The number of pyridine rings is 3. The van der Waals surface area contributed by atoms with Gasteiger partial charge in [0.25, 0.3) is 16.7 Å². The highest BCUT2D eigenvalue weighted by Crippen LogP contribution is 2.42. The molecular formula is C119H165Cl2N13O14Si2. The van der Waals surface area contributed by atoms with Crippen LogP contribution in [0.15, 0.2) is 215 Å². The van der Waals surface area contributed by atoms with Crippen LogP contribution in [0.1, 0.15) is 239 Å². The van der Waals surface area contributed by atoms with E-state index in [0.29, 0.717) is 44.7 Å². The first-order valence-corrected chi connectivity index (χ1v) is 59.5. The number of rotatable bonds is 33. The number of amides is 2. The number of piperidine rings is 4. The average Bonchev–Trinajstić information content (AvgIpc) is 1.52. The Balaban J connectivity index is 0.000000177. The third-order valence-corrected chi connectivity index (χ3v) is 39.8. The number of carbonyl (C=O) groups excluding carboxylic acids is 2. The molecule has 0 unspecified atom stereocenters. The van der Waals surface area contributed by atoms with Crippen molar-refractivity contribution >= 4 is 97.5 Å². The molecule has 7 aromatic heterocycles. The number of aliphatic hydroxyl groups excluding tert-OH is 1. The molecule has 27 nitrogen and oxygen atoms in total. The van der Waals surface area contributed by atoms with Gasteiger partial charge < -0.3 is 74.8 Å². The summed E-state index contributed by atoms with van der Waals surface area (Å²) < 4.78 is 53.0. The predicted molar refractivity (Wildman–Crippen MR) is 608 cm³/mol. The van der Waals surface area contributed by atoms with Crippen molar-refractivity contribution in [2.75, 3.05) is 80.5 Å². The minimum atomic E-state index is -2.03. The van der Waals surface area contributed by atoms with E-state index in [-0.39, 0.29) is 70.4 Å². The van der Waals surface area contributed by atoms with E-state index in [1.54, 1.807) is 50.1 Å². The summed E-state index contributed by atoms with van der Waals surface area (Å²) in [6.07, 6.45) is 21.6. The van der Waals surface area contributed by atoms with Crippen molar-refractivity contribution in [1.29, 1.82) is 0 Å². The molecule has 812 valence electrons. The summed E-state index contributed by atoms with van der Waals surface area (Å²) in [5, 5.41) is 32.3. The molecule has 4 aliphatic rings. The number of ether oxygens (including phenoxy) is 2. The molecular weight excluding hydrogens is 1960 g/mol. The van der Waals surface area contributed by atoms with Crippen LogP contribution in [-0.2, 0) is 110 Å². The van der Waals surface area contributed by atoms with Crippen molar-refractivity contribution in [3.8, 4) is 0 Å². The monoisotopic (exact) mass is 2130 g/mol. The van der Waals surface area contributed by atoms with Crippen molar-refractivity contribution < 1.29 is 51.1 Å². The zero-order valence-corrected chi connectivity index (χ0v) is 96.2. The molecule has 6 aromatic carbocycles. The Morgan fingerprint density at radius 3 is 0.900 bits per heavy atom. The molecule has 11 heterocycles. The van der Waals surface area contributed by atoms with E-state index in [1.807, 2.05) is 100 Å². The quantitative estimate of drug-likeness (QED) is 0.0374. The number of aliphatic hydroxyl groups is 1. The van der Waals surface area contributed by atoms with Gasteiger partial charge in [-0.25, -0.2) is 9.59 Å². The SMILES string of the molecule is CC(C)(C)OC(=O)N1CCC(CCc2noc3c(CO[Si](C)(C)C(C)(C)C)c(CO)ccc23)CC1.CC(C)(C)OC(=O)N1CCC(CCc2noc3c(CO[Si](C)(C)C(C)(C)C)c(Cn4ccccc4=O)ccc23)CC1.CN(C)Cc1c(Cn2ccccc2=O)ccc2c(CCC3CCN(Cc4ccccc4)CC3)noc12.CN(C)Cc1c(Cn2ccccc2=O)ccc2c(CCC3CCN(Cc4ccccc4)CC3)noc12.Cl.Cl. The Morgan fingerprint density at radius 2 is 0.627 bits per heavy atom. The van der Waals surface area contributed by atoms with Gasteiger partial charge in [-0.15, -0.1) is 24.8 Å². The first-order chi connectivity index (χ1) is 70.5. The molecule has 0 saturated carbocycles. The van der Waals surface area contributed by atoms with E-state index in [9.17, 15) is 29.1 Å². The molecule has 150 heavy (non-hydrogen) atoms. The van der Waals surface area contributed by atoms with Gasteiger partial charge in [0.15, 0.2) is 39.0 Å². The second-order valence-electron chi connectivity index (χ2n) is 47.0. The van der Waals surface area contributed by atoms with Gasteiger partial charge in [0.2, 0.25) is 0 Å². The first-order valence-electron chi connectivity index (χ1n) is 53.7. The van der Waals surface area contributed by atoms with Crippen LogP contribution in [0.25, 0.3) is 43.9 Å². The number of hydrogen-bond donors (Lipinski definition) is 1. The maximum absolute atomic E-state index is 12.5. The molecule has 0 aliphatic carbocycles. The fraction of sp³-hybridized carbons (Fsp3) is 0.521. The molecule has 4 saturated heterocycles. The summed E-state index contributed by atoms with van der Waals surface area (Å²) in [4.78, 5) is 74.9. The normalized spacial score (nSPS) is 15.3. The Morgan fingerprint density at radius 1 is 0.360 bits per heavy atom. The van der Waals surface area contributed by atoms with Gasteiger partial charge in [-0.05, 0) is 334 Å². The summed E-state index contributed by atoms with van der Waals surface area (Å²) >= 11 is 0. The average molecular weight is 2130 g/mol. The van der Waals surface area contributed by atoms with Crippen molar-refractivity contribution in [1.82, 2.24) is 63.7 Å². The molecule has 4 fully saturated rings. The number of aromatic nitrogens is 7. The largest absolute Gasteiger partial charge is 0.444 e. The van der Waals surface area contributed by atoms with E-state index in [1.165, 1.54) is 36.8 Å². The van der Waals surface area contributed by atoms with Gasteiger partial charge in [-0.3, -0.25) is 24.2 Å². The molecule has 4 aliphatic heterocycles. The second kappa shape index (κ2) is 53.3. The van der Waals surface area contributed by atoms with Gasteiger partial charge >= 0.3 is 12.2 Å². The third-order valence-electron chi connectivity index (χ3n) is 30.9. The molecule has 31 heteroatoms. The highest BCUT2D eigenvalue weighted by Gasteiger charge is 2.40. The number of aryl methyl sites for hydroxylation is 4. The van der Waals surface area contributed by atoms with Crippen LogP contribution in [0.5, 0.6) is 0 Å². The maximum atomic E-state index is 12.5. The summed E-state index contributed by atoms with van der Waals surface area (Å²) in [7, 11) is 4.24. The first kappa shape index (κ1) is 118. The second-order valence-corrected chi connectivity index (χ2v) is 56.6. The molecule has 17 rings (SSSR count). The highest BCUT2D eigenvalue weighted by atomic mass is 35.5. The number of likely N-dealkylation sites (tertiary alicyclic amines) is 4. The summed E-state index contributed by atoms with van der Waals surface area (Å²) in [6.45, 7) is 47.1. The number of halogens is 2. The Bertz CT molecular complexity index is 6480. The molecule has 1 N–H and O–H groups in total. The number of carbonyl (C=O) groups is 2. The maximum Gasteiger partial charge on any atom is 0.410 e. The smallest absolute Gasteiger partial charge is 0.410 e. The van der Waals surface area contributed by atoms with Crippen molar-refractivity contribution in [2.24, 2.45) is 23.7 Å². The summed E-state index contributed by atoms with van der Waals surface area (Å²) in [6, 6.07) is 54.0. The lowest BCUT2D eigenvalue weighted by atomic mass is 9.90. The number of hydrogen-bond acceptors (Lipinski definition) is 22. The number of benzene rings is 6. The Hall–Kier alpha value is -10.7. The van der Waals surface area contributed by atoms with Gasteiger partial charge in [-0.2, -0.15) is 0 Å². The van der Waals surface area contributed by atoms with Gasteiger partial charge in [-0.1, -0.05) is 165 Å². The lowest BCUT2D eigenvalue weighted by Gasteiger charge is -2.36. The lowest BCUT2D eigenvalue weighted by molar-refractivity contribution is 0.0171. The fourth-order valence-corrected chi connectivity index (χ4v) is 21.7. The van der Waals surface area contributed by atoms with Crippen LogP contribution in [-0.4, -0.2) is 189 Å². The van der Waals surface area contributed by atoms with Crippen LogP contribution in [0, 0.1) is 23.7 Å². The van der Waals surface area contributed by atoms with E-state index >= 15 is 0 Å². The zero-order chi connectivity index (χ0) is 106. The van der Waals surface area contributed by atoms with Gasteiger partial charge in [0, 0.05) is 133 Å². The van der Waals surface area contributed by atoms with Gasteiger partial charge in [0.05, 0.1) is 62.2 Å². The Labute approximate surface area is 901 Å². The van der Waals surface area contributed by atoms with Crippen LogP contribution >= 0.6 is 24.8 Å². The molecule has 0 bridgehead atoms. The van der Waals surface area contributed by atoms with Crippen LogP contribution in [0.3, 0.4) is 0 Å². The highest BCUT2D eigenvalue weighted by molar-refractivity contribution is 6.74. The van der Waals surface area contributed by atoms with Crippen LogP contribution < -0.4 is 16.7 Å². The fourth-order valence-electron chi connectivity index (χ4n) is 19.8. The lowest BCUT2D eigenvalue weighted by Crippen LogP contribution is -2.41. The Kier molecular flexibility index (Phi) is 41.9. The van der Waals surface area contributed by atoms with Gasteiger partial charge in [0.1, 0.15) is 11.2 Å². The van der Waals surface area contributed by atoms with E-state index < -0.39 is 27.8 Å². The molecule has 0 atom stereocenters. The number of nitrogens with zero attached hydrogens (tertiary/aromatic N) is 13.